The Kier molecular flexibility index (Phi) is 7.51. The zero-order valence-corrected chi connectivity index (χ0v) is 8.55. The minimum absolute atomic E-state index is 0.781. The van der Waals surface area contributed by atoms with Gasteiger partial charge in [0.15, 0.2) is 0 Å². The van der Waals surface area contributed by atoms with Gasteiger partial charge in [-0.05, 0) is 50.6 Å². The highest BCUT2D eigenvalue weighted by Gasteiger charge is 2.11. The minimum Gasteiger partial charge on any atom is -0.330 e. The third-order valence-corrected chi connectivity index (χ3v) is 2.50. The van der Waals surface area contributed by atoms with E-state index in [0.717, 1.165) is 37.8 Å². The largest absolute Gasteiger partial charge is 0.330 e. The summed E-state index contributed by atoms with van der Waals surface area (Å²) in [5.41, 5.74) is 11.0. The van der Waals surface area contributed by atoms with E-state index in [9.17, 15) is 0 Å². The van der Waals surface area contributed by atoms with Gasteiger partial charge in [0.1, 0.15) is 0 Å². The highest BCUT2D eigenvalue weighted by molar-refractivity contribution is 4.64. The molecule has 0 radical (unpaired) electrons. The Morgan fingerprint density at radius 2 is 1.33 bits per heavy atom. The van der Waals surface area contributed by atoms with Crippen LogP contribution in [0.15, 0.2) is 0 Å². The Morgan fingerprint density at radius 1 is 0.917 bits per heavy atom. The Morgan fingerprint density at radius 3 is 1.58 bits per heavy atom. The lowest BCUT2D eigenvalue weighted by molar-refractivity contribution is 0.325. The highest BCUT2D eigenvalue weighted by Crippen LogP contribution is 2.21. The molecule has 4 N–H and O–H groups in total. The topological polar surface area (TPSA) is 52.0 Å². The van der Waals surface area contributed by atoms with Gasteiger partial charge in [0.2, 0.25) is 0 Å². The van der Waals surface area contributed by atoms with Gasteiger partial charge in [-0.25, -0.2) is 0 Å². The molecule has 0 saturated carbocycles. The van der Waals surface area contributed by atoms with E-state index in [2.05, 4.69) is 13.8 Å². The van der Waals surface area contributed by atoms with Crippen molar-refractivity contribution in [2.45, 2.75) is 39.5 Å². The van der Waals surface area contributed by atoms with Crippen molar-refractivity contribution in [2.24, 2.45) is 23.3 Å². The third-order valence-electron chi connectivity index (χ3n) is 2.50. The minimum atomic E-state index is 0.781. The molecule has 12 heavy (non-hydrogen) atoms. The van der Waals surface area contributed by atoms with Gasteiger partial charge >= 0.3 is 0 Å². The molecular weight excluding hydrogens is 148 g/mol. The average Bonchev–Trinajstić information content (AvgIpc) is 2.04. The predicted molar refractivity (Wildman–Crippen MR) is 54.9 cm³/mol. The molecule has 0 rings (SSSR count). The van der Waals surface area contributed by atoms with Gasteiger partial charge in [0, 0.05) is 0 Å². The molecule has 0 aromatic carbocycles. The molecule has 0 atom stereocenters. The van der Waals surface area contributed by atoms with E-state index >= 15 is 0 Å². The van der Waals surface area contributed by atoms with Crippen LogP contribution < -0.4 is 11.5 Å². The van der Waals surface area contributed by atoms with E-state index in [0.29, 0.717) is 0 Å². The Labute approximate surface area is 76.7 Å². The Bertz CT molecular complexity index is 83.8. The molecule has 2 nitrogen and oxygen atoms in total. The molecule has 0 aromatic heterocycles. The molecule has 0 aliphatic rings. The van der Waals surface area contributed by atoms with Gasteiger partial charge in [-0.3, -0.25) is 0 Å². The van der Waals surface area contributed by atoms with E-state index in [1.54, 1.807) is 0 Å². The second-order valence-electron chi connectivity index (χ2n) is 3.87. The van der Waals surface area contributed by atoms with Crippen LogP contribution in [0.2, 0.25) is 0 Å². The van der Waals surface area contributed by atoms with Crippen LogP contribution in [0.5, 0.6) is 0 Å². The van der Waals surface area contributed by atoms with Crippen LogP contribution in [0, 0.1) is 11.8 Å². The summed E-state index contributed by atoms with van der Waals surface area (Å²) in [6.45, 7) is 6.23. The summed E-state index contributed by atoms with van der Waals surface area (Å²) in [6.07, 6.45) is 4.86. The molecule has 0 heterocycles. The molecule has 0 saturated heterocycles. The first-order chi connectivity index (χ1) is 5.72. The Hall–Kier alpha value is -0.0800. The standard InChI is InChI=1S/C10H24N2/c1-9(2)10(5-3-7-11)6-4-8-12/h9-10H,3-8,11-12H2,1-2H3. The van der Waals surface area contributed by atoms with Crippen LogP contribution in [0.1, 0.15) is 39.5 Å². The molecule has 2 heteroatoms. The lowest BCUT2D eigenvalue weighted by Crippen LogP contribution is -2.13. The quantitative estimate of drug-likeness (QED) is 0.614. The molecule has 0 amide bonds. The molecule has 74 valence electrons. The van der Waals surface area contributed by atoms with Crippen LogP contribution in [0.3, 0.4) is 0 Å². The van der Waals surface area contributed by atoms with Crippen molar-refractivity contribution in [1.82, 2.24) is 0 Å². The van der Waals surface area contributed by atoms with E-state index in [1.807, 2.05) is 0 Å². The molecule has 0 aromatic rings. The van der Waals surface area contributed by atoms with Crippen molar-refractivity contribution in [3.63, 3.8) is 0 Å². The first-order valence-corrected chi connectivity index (χ1v) is 5.12. The van der Waals surface area contributed by atoms with Crippen molar-refractivity contribution in [3.8, 4) is 0 Å². The molecule has 0 spiro atoms. The number of hydrogen-bond donors (Lipinski definition) is 2. The van der Waals surface area contributed by atoms with Crippen molar-refractivity contribution in [3.05, 3.63) is 0 Å². The first-order valence-electron chi connectivity index (χ1n) is 5.12. The van der Waals surface area contributed by atoms with Crippen LogP contribution in [-0.2, 0) is 0 Å². The van der Waals surface area contributed by atoms with Crippen LogP contribution >= 0.6 is 0 Å². The lowest BCUT2D eigenvalue weighted by atomic mass is 9.87. The third kappa shape index (κ3) is 5.56. The van der Waals surface area contributed by atoms with Crippen LogP contribution in [0.4, 0.5) is 0 Å². The molecular formula is C10H24N2. The molecule has 0 unspecified atom stereocenters. The predicted octanol–water partition coefficient (Wildman–Crippen LogP) is 1.74. The van der Waals surface area contributed by atoms with Crippen LogP contribution in [0.25, 0.3) is 0 Å². The molecule has 0 aliphatic heterocycles. The number of hydrogen-bond acceptors (Lipinski definition) is 2. The Balaban J connectivity index is 3.55. The summed E-state index contributed by atoms with van der Waals surface area (Å²) < 4.78 is 0. The molecule has 0 bridgehead atoms. The highest BCUT2D eigenvalue weighted by atomic mass is 14.5. The zero-order chi connectivity index (χ0) is 9.40. The maximum atomic E-state index is 5.48. The van der Waals surface area contributed by atoms with Crippen molar-refractivity contribution in [1.29, 1.82) is 0 Å². The normalized spacial score (nSPS) is 11.5. The van der Waals surface area contributed by atoms with E-state index in [1.165, 1.54) is 12.8 Å². The van der Waals surface area contributed by atoms with Crippen molar-refractivity contribution in [2.75, 3.05) is 13.1 Å². The summed E-state index contributed by atoms with van der Waals surface area (Å²) in [6, 6.07) is 0. The van der Waals surface area contributed by atoms with Gasteiger partial charge in [0.25, 0.3) is 0 Å². The lowest BCUT2D eigenvalue weighted by Gasteiger charge is -2.19. The van der Waals surface area contributed by atoms with E-state index < -0.39 is 0 Å². The van der Waals surface area contributed by atoms with E-state index in [4.69, 9.17) is 11.5 Å². The van der Waals surface area contributed by atoms with Gasteiger partial charge in [-0.15, -0.1) is 0 Å². The number of nitrogens with two attached hydrogens (primary N) is 2. The van der Waals surface area contributed by atoms with Crippen LogP contribution in [-0.4, -0.2) is 13.1 Å². The summed E-state index contributed by atoms with van der Waals surface area (Å²) in [5.74, 6) is 1.61. The number of rotatable bonds is 7. The monoisotopic (exact) mass is 172 g/mol. The maximum absolute atomic E-state index is 5.48. The fourth-order valence-electron chi connectivity index (χ4n) is 1.57. The van der Waals surface area contributed by atoms with Gasteiger partial charge in [0.05, 0.1) is 0 Å². The fourth-order valence-corrected chi connectivity index (χ4v) is 1.57. The fraction of sp³-hybridized carbons (Fsp3) is 1.00. The van der Waals surface area contributed by atoms with Gasteiger partial charge < -0.3 is 11.5 Å². The summed E-state index contributed by atoms with van der Waals surface area (Å²) in [4.78, 5) is 0. The molecule has 0 aliphatic carbocycles. The first kappa shape index (κ1) is 11.9. The second kappa shape index (κ2) is 7.56. The van der Waals surface area contributed by atoms with Gasteiger partial charge in [-0.2, -0.15) is 0 Å². The SMILES string of the molecule is CC(C)C(CCCN)CCCN. The summed E-state index contributed by atoms with van der Waals surface area (Å²) in [5, 5.41) is 0. The van der Waals surface area contributed by atoms with E-state index in [-0.39, 0.29) is 0 Å². The maximum Gasteiger partial charge on any atom is -0.00772 e. The smallest absolute Gasteiger partial charge is 0.00772 e. The van der Waals surface area contributed by atoms with Crippen molar-refractivity contribution >= 4 is 0 Å². The zero-order valence-electron chi connectivity index (χ0n) is 8.55. The van der Waals surface area contributed by atoms with Crippen molar-refractivity contribution < 1.29 is 0 Å². The average molecular weight is 172 g/mol. The summed E-state index contributed by atoms with van der Waals surface area (Å²) in [7, 11) is 0. The molecule has 0 fully saturated rings. The summed E-state index contributed by atoms with van der Waals surface area (Å²) >= 11 is 0. The van der Waals surface area contributed by atoms with Gasteiger partial charge in [-0.1, -0.05) is 13.8 Å². The second-order valence-corrected chi connectivity index (χ2v) is 3.87.